The van der Waals surface area contributed by atoms with Crippen molar-refractivity contribution in [3.05, 3.63) is 42.2 Å². The maximum Gasteiger partial charge on any atom is 0.317 e. The van der Waals surface area contributed by atoms with Gasteiger partial charge in [0.1, 0.15) is 5.82 Å². The summed E-state index contributed by atoms with van der Waals surface area (Å²) in [7, 11) is 0. The number of imidazole rings is 1. The van der Waals surface area contributed by atoms with Gasteiger partial charge in [0.15, 0.2) is 0 Å². The lowest BCUT2D eigenvalue weighted by atomic mass is 10.0. The van der Waals surface area contributed by atoms with E-state index < -0.39 is 0 Å². The summed E-state index contributed by atoms with van der Waals surface area (Å²) < 4.78 is 2.34. The standard InChI is InChI=1S/C19H26N4O/c1-14(2)21-19(24)22-11-9-17(10-12-22)23-15(3)13-20-18(23)16-7-5-4-6-8-16/h4-8,13-14,17H,9-12H2,1-3H3,(H,21,24). The molecule has 1 fully saturated rings. The zero-order valence-electron chi connectivity index (χ0n) is 14.7. The molecule has 128 valence electrons. The van der Waals surface area contributed by atoms with E-state index in [1.54, 1.807) is 0 Å². The Bertz CT molecular complexity index is 685. The van der Waals surface area contributed by atoms with Crippen LogP contribution in [0.1, 0.15) is 38.4 Å². The van der Waals surface area contributed by atoms with Crippen molar-refractivity contribution in [1.82, 2.24) is 19.8 Å². The first-order valence-corrected chi connectivity index (χ1v) is 8.71. The van der Waals surface area contributed by atoms with Gasteiger partial charge in [-0.25, -0.2) is 9.78 Å². The van der Waals surface area contributed by atoms with Gasteiger partial charge in [0.05, 0.1) is 0 Å². The predicted molar refractivity (Wildman–Crippen MR) is 95.9 cm³/mol. The Kier molecular flexibility index (Phi) is 4.88. The summed E-state index contributed by atoms with van der Waals surface area (Å²) in [4.78, 5) is 18.7. The predicted octanol–water partition coefficient (Wildman–Crippen LogP) is 3.61. The molecule has 1 aromatic carbocycles. The number of nitrogens with one attached hydrogen (secondary N) is 1. The summed E-state index contributed by atoms with van der Waals surface area (Å²) in [6.07, 6.45) is 3.87. The summed E-state index contributed by atoms with van der Waals surface area (Å²) in [6, 6.07) is 10.9. The smallest absolute Gasteiger partial charge is 0.317 e. The Hall–Kier alpha value is -2.30. The van der Waals surface area contributed by atoms with Crippen LogP contribution in [-0.2, 0) is 0 Å². The van der Waals surface area contributed by atoms with Crippen LogP contribution < -0.4 is 5.32 Å². The van der Waals surface area contributed by atoms with Gasteiger partial charge >= 0.3 is 6.03 Å². The minimum Gasteiger partial charge on any atom is -0.336 e. The second-order valence-corrected chi connectivity index (χ2v) is 6.78. The Morgan fingerprint density at radius 2 is 1.88 bits per heavy atom. The van der Waals surface area contributed by atoms with Crippen molar-refractivity contribution in [3.8, 4) is 11.4 Å². The third kappa shape index (κ3) is 3.45. The van der Waals surface area contributed by atoms with E-state index in [9.17, 15) is 4.79 Å². The van der Waals surface area contributed by atoms with E-state index in [0.29, 0.717) is 6.04 Å². The van der Waals surface area contributed by atoms with Crippen LogP contribution >= 0.6 is 0 Å². The highest BCUT2D eigenvalue weighted by Crippen LogP contribution is 2.30. The third-order valence-corrected chi connectivity index (χ3v) is 4.54. The molecule has 0 radical (unpaired) electrons. The van der Waals surface area contributed by atoms with E-state index in [1.807, 2.05) is 43.1 Å². The number of carbonyl (C=O) groups excluding carboxylic acids is 1. The van der Waals surface area contributed by atoms with Crippen LogP contribution in [0.15, 0.2) is 36.5 Å². The van der Waals surface area contributed by atoms with Crippen LogP contribution in [-0.4, -0.2) is 39.6 Å². The number of amides is 2. The summed E-state index contributed by atoms with van der Waals surface area (Å²) in [6.45, 7) is 7.67. The van der Waals surface area contributed by atoms with Crippen molar-refractivity contribution in [1.29, 1.82) is 0 Å². The van der Waals surface area contributed by atoms with Gasteiger partial charge in [-0.2, -0.15) is 0 Å². The van der Waals surface area contributed by atoms with E-state index in [2.05, 4.69) is 33.9 Å². The maximum atomic E-state index is 12.2. The van der Waals surface area contributed by atoms with Gasteiger partial charge in [-0.05, 0) is 33.6 Å². The molecule has 5 heteroatoms. The number of hydrogen-bond donors (Lipinski definition) is 1. The van der Waals surface area contributed by atoms with E-state index >= 15 is 0 Å². The fraction of sp³-hybridized carbons (Fsp3) is 0.474. The molecule has 1 saturated heterocycles. The average Bonchev–Trinajstić information content (AvgIpc) is 2.97. The van der Waals surface area contributed by atoms with Gasteiger partial charge < -0.3 is 14.8 Å². The number of urea groups is 1. The average molecular weight is 326 g/mol. The second-order valence-electron chi connectivity index (χ2n) is 6.78. The first-order valence-electron chi connectivity index (χ1n) is 8.71. The molecule has 24 heavy (non-hydrogen) atoms. The Morgan fingerprint density at radius 1 is 1.21 bits per heavy atom. The molecule has 2 amide bonds. The highest BCUT2D eigenvalue weighted by molar-refractivity contribution is 5.74. The summed E-state index contributed by atoms with van der Waals surface area (Å²) in [5, 5.41) is 2.98. The van der Waals surface area contributed by atoms with Crippen LogP contribution in [0.2, 0.25) is 0 Å². The number of benzene rings is 1. The number of likely N-dealkylation sites (tertiary alicyclic amines) is 1. The lowest BCUT2D eigenvalue weighted by molar-refractivity contribution is 0.169. The molecular formula is C19H26N4O. The molecule has 0 spiro atoms. The highest BCUT2D eigenvalue weighted by Gasteiger charge is 2.26. The van der Waals surface area contributed by atoms with E-state index in [1.165, 1.54) is 5.69 Å². The quantitative estimate of drug-likeness (QED) is 0.936. The minimum atomic E-state index is 0.0501. The number of aromatic nitrogens is 2. The molecule has 2 heterocycles. The molecule has 2 aromatic rings. The topological polar surface area (TPSA) is 50.2 Å². The Labute approximate surface area is 143 Å². The lowest BCUT2D eigenvalue weighted by Crippen LogP contribution is -2.46. The molecule has 0 unspecified atom stereocenters. The van der Waals surface area contributed by atoms with Gasteiger partial charge in [0.2, 0.25) is 0 Å². The summed E-state index contributed by atoms with van der Waals surface area (Å²) >= 11 is 0. The molecule has 0 saturated carbocycles. The first-order chi connectivity index (χ1) is 11.6. The maximum absolute atomic E-state index is 12.2. The molecule has 1 N–H and O–H groups in total. The number of piperidine rings is 1. The van der Waals surface area contributed by atoms with E-state index in [0.717, 1.165) is 37.3 Å². The van der Waals surface area contributed by atoms with Crippen molar-refractivity contribution in [3.63, 3.8) is 0 Å². The molecule has 0 bridgehead atoms. The third-order valence-electron chi connectivity index (χ3n) is 4.54. The fourth-order valence-electron chi connectivity index (χ4n) is 3.37. The van der Waals surface area contributed by atoms with E-state index in [4.69, 9.17) is 0 Å². The number of rotatable bonds is 3. The molecule has 3 rings (SSSR count). The molecule has 0 aliphatic carbocycles. The second kappa shape index (κ2) is 7.07. The van der Waals surface area contributed by atoms with Gasteiger partial charge in [-0.15, -0.1) is 0 Å². The van der Waals surface area contributed by atoms with Gasteiger partial charge in [0.25, 0.3) is 0 Å². The van der Waals surface area contributed by atoms with Crippen molar-refractivity contribution >= 4 is 6.03 Å². The minimum absolute atomic E-state index is 0.0501. The van der Waals surface area contributed by atoms with Crippen LogP contribution in [0.4, 0.5) is 4.79 Å². The number of hydrogen-bond acceptors (Lipinski definition) is 2. The van der Waals surface area contributed by atoms with Gasteiger partial charge in [0, 0.05) is 42.6 Å². The van der Waals surface area contributed by atoms with Gasteiger partial charge in [-0.1, -0.05) is 30.3 Å². The van der Waals surface area contributed by atoms with Gasteiger partial charge in [-0.3, -0.25) is 0 Å². The lowest BCUT2D eigenvalue weighted by Gasteiger charge is -2.34. The van der Waals surface area contributed by atoms with Crippen LogP contribution in [0, 0.1) is 6.92 Å². The number of carbonyl (C=O) groups is 1. The molecular weight excluding hydrogens is 300 g/mol. The van der Waals surface area contributed by atoms with Crippen molar-refractivity contribution in [2.45, 2.75) is 45.7 Å². The molecule has 1 aromatic heterocycles. The normalized spacial score (nSPS) is 15.8. The van der Waals surface area contributed by atoms with Crippen LogP contribution in [0.5, 0.6) is 0 Å². The zero-order chi connectivity index (χ0) is 17.1. The van der Waals surface area contributed by atoms with Crippen molar-refractivity contribution in [2.75, 3.05) is 13.1 Å². The zero-order valence-corrected chi connectivity index (χ0v) is 14.7. The van der Waals surface area contributed by atoms with E-state index in [-0.39, 0.29) is 12.1 Å². The Balaban J connectivity index is 1.74. The molecule has 1 aliphatic rings. The molecule has 5 nitrogen and oxygen atoms in total. The van der Waals surface area contributed by atoms with Crippen molar-refractivity contribution in [2.24, 2.45) is 0 Å². The molecule has 0 atom stereocenters. The highest BCUT2D eigenvalue weighted by atomic mass is 16.2. The number of aryl methyl sites for hydroxylation is 1. The van der Waals surface area contributed by atoms with Crippen LogP contribution in [0.3, 0.4) is 0 Å². The summed E-state index contributed by atoms with van der Waals surface area (Å²) in [5.74, 6) is 1.03. The largest absolute Gasteiger partial charge is 0.336 e. The number of nitrogens with zero attached hydrogens (tertiary/aromatic N) is 3. The van der Waals surface area contributed by atoms with Crippen molar-refractivity contribution < 1.29 is 4.79 Å². The SMILES string of the molecule is Cc1cnc(-c2ccccc2)n1C1CCN(C(=O)NC(C)C)CC1. The monoisotopic (exact) mass is 326 g/mol. The molecule has 1 aliphatic heterocycles. The summed E-state index contributed by atoms with van der Waals surface area (Å²) in [5.41, 5.74) is 2.32. The first kappa shape index (κ1) is 16.6. The Morgan fingerprint density at radius 3 is 2.50 bits per heavy atom. The fourth-order valence-corrected chi connectivity index (χ4v) is 3.37. The van der Waals surface area contributed by atoms with Crippen LogP contribution in [0.25, 0.3) is 11.4 Å².